The van der Waals surface area contributed by atoms with E-state index in [-0.39, 0.29) is 0 Å². The van der Waals surface area contributed by atoms with Crippen molar-refractivity contribution in [1.29, 1.82) is 0 Å². The second-order valence-corrected chi connectivity index (χ2v) is 4.30. The molecule has 2 nitrogen and oxygen atoms in total. The van der Waals surface area contributed by atoms with Gasteiger partial charge in [-0.1, -0.05) is 26.8 Å². The van der Waals surface area contributed by atoms with Gasteiger partial charge in [-0.25, -0.2) is 0 Å². The first-order valence-corrected chi connectivity index (χ1v) is 5.61. The highest BCUT2D eigenvalue weighted by Gasteiger charge is 2.04. The van der Waals surface area contributed by atoms with Crippen LogP contribution in [0.4, 0.5) is 0 Å². The molecule has 1 aromatic heterocycles. The van der Waals surface area contributed by atoms with Gasteiger partial charge in [0.2, 0.25) is 0 Å². The molecule has 0 fully saturated rings. The van der Waals surface area contributed by atoms with Gasteiger partial charge in [0.25, 0.3) is 0 Å². The van der Waals surface area contributed by atoms with E-state index in [2.05, 4.69) is 32.2 Å². The zero-order valence-corrected chi connectivity index (χ0v) is 9.86. The number of hydrogen-bond donors (Lipinski definition) is 1. The van der Waals surface area contributed by atoms with Crippen LogP contribution in [0.25, 0.3) is 6.08 Å². The Bertz CT molecular complexity index is 275. The van der Waals surface area contributed by atoms with Crippen molar-refractivity contribution in [3.63, 3.8) is 0 Å². The molecule has 2 heteroatoms. The molecule has 0 aliphatic carbocycles. The number of rotatable bonds is 6. The second kappa shape index (κ2) is 6.46. The molecule has 0 amide bonds. The Morgan fingerprint density at radius 2 is 2.20 bits per heavy atom. The van der Waals surface area contributed by atoms with Gasteiger partial charge in [-0.15, -0.1) is 0 Å². The first kappa shape index (κ1) is 12.1. The Hall–Kier alpha value is -1.02. The third kappa shape index (κ3) is 4.84. The quantitative estimate of drug-likeness (QED) is 0.725. The normalized spacial score (nSPS) is 13.9. The van der Waals surface area contributed by atoms with Crippen LogP contribution in [-0.4, -0.2) is 13.1 Å². The smallest absolute Gasteiger partial charge is 0.126 e. The van der Waals surface area contributed by atoms with Crippen molar-refractivity contribution in [2.75, 3.05) is 13.1 Å². The zero-order valence-electron chi connectivity index (χ0n) is 9.86. The van der Waals surface area contributed by atoms with Crippen LogP contribution >= 0.6 is 0 Å². The highest BCUT2D eigenvalue weighted by molar-refractivity contribution is 5.42. The first-order valence-electron chi connectivity index (χ1n) is 5.61. The van der Waals surface area contributed by atoms with E-state index < -0.39 is 0 Å². The predicted octanol–water partition coefficient (Wildman–Crippen LogP) is 3.17. The van der Waals surface area contributed by atoms with Crippen molar-refractivity contribution in [3.05, 3.63) is 30.2 Å². The molecular weight excluding hydrogens is 186 g/mol. The van der Waals surface area contributed by atoms with E-state index in [0.29, 0.717) is 0 Å². The average Bonchev–Trinajstić information content (AvgIpc) is 2.69. The molecule has 0 bridgehead atoms. The molecule has 0 radical (unpaired) electrons. The minimum Gasteiger partial charge on any atom is -0.465 e. The molecule has 1 N–H and O–H groups in total. The summed E-state index contributed by atoms with van der Waals surface area (Å²) in [4.78, 5) is 0. The summed E-state index contributed by atoms with van der Waals surface area (Å²) in [5.74, 6) is 2.38. The topological polar surface area (TPSA) is 25.2 Å². The van der Waals surface area contributed by atoms with E-state index >= 15 is 0 Å². The molecule has 0 aliphatic rings. The molecule has 0 saturated carbocycles. The van der Waals surface area contributed by atoms with Crippen LogP contribution in [0.5, 0.6) is 0 Å². The van der Waals surface area contributed by atoms with E-state index in [1.54, 1.807) is 6.26 Å². The monoisotopic (exact) mass is 207 g/mol. The summed E-state index contributed by atoms with van der Waals surface area (Å²) in [6.45, 7) is 8.75. The van der Waals surface area contributed by atoms with Crippen molar-refractivity contribution < 1.29 is 4.42 Å². The van der Waals surface area contributed by atoms with E-state index in [0.717, 1.165) is 30.7 Å². The number of nitrogens with one attached hydrogen (secondary N) is 1. The predicted molar refractivity (Wildman–Crippen MR) is 64.6 cm³/mol. The van der Waals surface area contributed by atoms with Gasteiger partial charge in [-0.2, -0.15) is 0 Å². The van der Waals surface area contributed by atoms with Gasteiger partial charge in [0, 0.05) is 6.54 Å². The van der Waals surface area contributed by atoms with Crippen molar-refractivity contribution in [1.82, 2.24) is 5.32 Å². The molecular formula is C13H21NO. The van der Waals surface area contributed by atoms with Crippen molar-refractivity contribution >= 4 is 6.08 Å². The molecule has 0 spiro atoms. The highest BCUT2D eigenvalue weighted by Crippen LogP contribution is 2.07. The van der Waals surface area contributed by atoms with Crippen LogP contribution in [0, 0.1) is 11.8 Å². The highest BCUT2D eigenvalue weighted by atomic mass is 16.3. The largest absolute Gasteiger partial charge is 0.465 e. The van der Waals surface area contributed by atoms with E-state index in [1.807, 2.05) is 18.2 Å². The van der Waals surface area contributed by atoms with Gasteiger partial charge < -0.3 is 9.73 Å². The first-order chi connectivity index (χ1) is 7.20. The van der Waals surface area contributed by atoms with Gasteiger partial charge in [-0.05, 0) is 36.6 Å². The number of hydrogen-bond acceptors (Lipinski definition) is 2. The van der Waals surface area contributed by atoms with Gasteiger partial charge in [0.15, 0.2) is 0 Å². The Balaban J connectivity index is 2.12. The molecule has 1 unspecified atom stereocenters. The zero-order chi connectivity index (χ0) is 11.1. The fourth-order valence-electron chi connectivity index (χ4n) is 1.19. The molecule has 15 heavy (non-hydrogen) atoms. The lowest BCUT2D eigenvalue weighted by Gasteiger charge is -2.15. The van der Waals surface area contributed by atoms with Crippen LogP contribution in [0.3, 0.4) is 0 Å². The van der Waals surface area contributed by atoms with Crippen LogP contribution in [0.15, 0.2) is 28.9 Å². The Labute approximate surface area is 92.4 Å². The molecule has 1 atom stereocenters. The lowest BCUT2D eigenvalue weighted by atomic mass is 9.98. The Kier molecular flexibility index (Phi) is 5.19. The second-order valence-electron chi connectivity index (χ2n) is 4.30. The van der Waals surface area contributed by atoms with Crippen molar-refractivity contribution in [2.24, 2.45) is 11.8 Å². The van der Waals surface area contributed by atoms with Gasteiger partial charge in [0.05, 0.1) is 6.26 Å². The summed E-state index contributed by atoms with van der Waals surface area (Å²) in [6, 6.07) is 3.85. The summed E-state index contributed by atoms with van der Waals surface area (Å²) in [6.07, 6.45) is 5.77. The molecule has 0 saturated heterocycles. The summed E-state index contributed by atoms with van der Waals surface area (Å²) in [5.41, 5.74) is 0. The molecule has 1 rings (SSSR count). The fourth-order valence-corrected chi connectivity index (χ4v) is 1.19. The maximum absolute atomic E-state index is 5.18. The van der Waals surface area contributed by atoms with Crippen LogP contribution < -0.4 is 5.32 Å². The standard InChI is InChI=1S/C13H21NO/c1-11(2)12(3)10-14-8-4-6-13-7-5-9-15-13/h4-7,9,11-12,14H,8,10H2,1-3H3/b6-4+. The van der Waals surface area contributed by atoms with E-state index in [4.69, 9.17) is 4.42 Å². The average molecular weight is 207 g/mol. The lowest BCUT2D eigenvalue weighted by molar-refractivity contribution is 0.400. The summed E-state index contributed by atoms with van der Waals surface area (Å²) < 4.78 is 5.18. The summed E-state index contributed by atoms with van der Waals surface area (Å²) in [7, 11) is 0. The van der Waals surface area contributed by atoms with Gasteiger partial charge >= 0.3 is 0 Å². The molecule has 1 heterocycles. The van der Waals surface area contributed by atoms with Gasteiger partial charge in [-0.3, -0.25) is 0 Å². The third-order valence-corrected chi connectivity index (χ3v) is 2.69. The third-order valence-electron chi connectivity index (χ3n) is 2.69. The Morgan fingerprint density at radius 3 is 2.80 bits per heavy atom. The van der Waals surface area contributed by atoms with Gasteiger partial charge in [0.1, 0.15) is 5.76 Å². The molecule has 1 aromatic rings. The lowest BCUT2D eigenvalue weighted by Crippen LogP contribution is -2.24. The Morgan fingerprint density at radius 1 is 1.40 bits per heavy atom. The molecule has 0 aromatic carbocycles. The van der Waals surface area contributed by atoms with E-state index in [9.17, 15) is 0 Å². The van der Waals surface area contributed by atoms with Crippen LogP contribution in [-0.2, 0) is 0 Å². The van der Waals surface area contributed by atoms with Crippen molar-refractivity contribution in [2.45, 2.75) is 20.8 Å². The van der Waals surface area contributed by atoms with Crippen LogP contribution in [0.1, 0.15) is 26.5 Å². The SMILES string of the molecule is CC(C)C(C)CNC/C=C/c1ccco1. The van der Waals surface area contributed by atoms with Crippen molar-refractivity contribution in [3.8, 4) is 0 Å². The minimum absolute atomic E-state index is 0.724. The molecule has 0 aliphatic heterocycles. The summed E-state index contributed by atoms with van der Waals surface area (Å²) >= 11 is 0. The maximum Gasteiger partial charge on any atom is 0.126 e. The fraction of sp³-hybridized carbons (Fsp3) is 0.538. The van der Waals surface area contributed by atoms with E-state index in [1.165, 1.54) is 0 Å². The minimum atomic E-state index is 0.724. The summed E-state index contributed by atoms with van der Waals surface area (Å²) in [5, 5.41) is 3.40. The van der Waals surface area contributed by atoms with Crippen LogP contribution in [0.2, 0.25) is 0 Å². The number of furan rings is 1. The molecule has 84 valence electrons. The maximum atomic E-state index is 5.18.